The number of amides is 2. The molecular formula is C22H24ClN3O2. The summed E-state index contributed by atoms with van der Waals surface area (Å²) in [5.41, 5.74) is 2.79. The molecule has 1 aliphatic rings. The number of nitrogens with zero attached hydrogens (tertiary/aromatic N) is 2. The molecule has 1 saturated heterocycles. The first-order valence-electron chi connectivity index (χ1n) is 9.39. The van der Waals surface area contributed by atoms with Gasteiger partial charge in [-0.2, -0.15) is 0 Å². The molecule has 2 heterocycles. The maximum absolute atomic E-state index is 12.6. The second-order valence-electron chi connectivity index (χ2n) is 7.12. The van der Waals surface area contributed by atoms with Crippen LogP contribution in [0.15, 0.2) is 42.6 Å². The van der Waals surface area contributed by atoms with Gasteiger partial charge in [0.15, 0.2) is 0 Å². The van der Waals surface area contributed by atoms with Crippen molar-refractivity contribution in [1.29, 1.82) is 0 Å². The number of nitrogens with one attached hydrogen (secondary N) is 1. The van der Waals surface area contributed by atoms with Gasteiger partial charge in [0.2, 0.25) is 11.8 Å². The van der Waals surface area contributed by atoms with Crippen LogP contribution in [0.1, 0.15) is 29.5 Å². The van der Waals surface area contributed by atoms with Crippen LogP contribution in [-0.2, 0) is 9.59 Å². The van der Waals surface area contributed by atoms with E-state index in [9.17, 15) is 9.59 Å². The average molecular weight is 398 g/mol. The number of aryl methyl sites for hydroxylation is 2. The summed E-state index contributed by atoms with van der Waals surface area (Å²) in [5, 5.41) is 3.56. The van der Waals surface area contributed by atoms with E-state index in [0.717, 1.165) is 29.5 Å². The van der Waals surface area contributed by atoms with Gasteiger partial charge in [-0.15, -0.1) is 0 Å². The third-order valence-corrected chi connectivity index (χ3v) is 5.38. The van der Waals surface area contributed by atoms with E-state index in [2.05, 4.69) is 10.3 Å². The van der Waals surface area contributed by atoms with Gasteiger partial charge in [-0.05, 0) is 61.6 Å². The number of hydrogen-bond donors (Lipinski definition) is 1. The van der Waals surface area contributed by atoms with Gasteiger partial charge in [0.25, 0.3) is 0 Å². The van der Waals surface area contributed by atoms with Crippen LogP contribution < -0.4 is 5.32 Å². The van der Waals surface area contributed by atoms with Gasteiger partial charge in [-0.1, -0.05) is 29.8 Å². The van der Waals surface area contributed by atoms with Gasteiger partial charge in [0, 0.05) is 30.4 Å². The molecule has 146 valence electrons. The molecule has 1 aliphatic heterocycles. The summed E-state index contributed by atoms with van der Waals surface area (Å²) in [4.78, 5) is 31.1. The molecule has 6 heteroatoms. The summed E-state index contributed by atoms with van der Waals surface area (Å²) in [6, 6.07) is 9.42. The third-order valence-electron chi connectivity index (χ3n) is 4.97. The van der Waals surface area contributed by atoms with Crippen molar-refractivity contribution in [3.8, 4) is 0 Å². The van der Waals surface area contributed by atoms with Crippen molar-refractivity contribution < 1.29 is 9.59 Å². The van der Waals surface area contributed by atoms with Crippen LogP contribution >= 0.6 is 11.6 Å². The molecule has 28 heavy (non-hydrogen) atoms. The molecule has 5 nitrogen and oxygen atoms in total. The number of piperidine rings is 1. The van der Waals surface area contributed by atoms with E-state index >= 15 is 0 Å². The fourth-order valence-corrected chi connectivity index (χ4v) is 3.40. The molecule has 0 spiro atoms. The topological polar surface area (TPSA) is 62.3 Å². The average Bonchev–Trinajstić information content (AvgIpc) is 2.70. The number of benzene rings is 1. The molecular weight excluding hydrogens is 374 g/mol. The zero-order chi connectivity index (χ0) is 20.1. The summed E-state index contributed by atoms with van der Waals surface area (Å²) in [6.45, 7) is 4.91. The van der Waals surface area contributed by atoms with Crippen molar-refractivity contribution in [2.24, 2.45) is 5.92 Å². The van der Waals surface area contributed by atoms with Gasteiger partial charge in [0.1, 0.15) is 5.82 Å². The SMILES string of the molecule is Cc1ccc(/C=C/C(=O)N2CCCC(C(=O)Nc3ncccc3C)C2)cc1Cl. The molecule has 0 bridgehead atoms. The summed E-state index contributed by atoms with van der Waals surface area (Å²) >= 11 is 6.13. The Morgan fingerprint density at radius 1 is 1.25 bits per heavy atom. The molecule has 1 N–H and O–H groups in total. The highest BCUT2D eigenvalue weighted by Gasteiger charge is 2.28. The Kier molecular flexibility index (Phi) is 6.47. The molecule has 1 atom stereocenters. The minimum Gasteiger partial charge on any atom is -0.338 e. The van der Waals surface area contributed by atoms with Crippen molar-refractivity contribution in [1.82, 2.24) is 9.88 Å². The van der Waals surface area contributed by atoms with Crippen molar-refractivity contribution in [3.63, 3.8) is 0 Å². The fraction of sp³-hybridized carbons (Fsp3) is 0.318. The number of halogens is 1. The summed E-state index contributed by atoms with van der Waals surface area (Å²) in [5.74, 6) is 0.158. The van der Waals surface area contributed by atoms with Gasteiger partial charge < -0.3 is 10.2 Å². The maximum atomic E-state index is 12.6. The van der Waals surface area contributed by atoms with Crippen LogP contribution in [0.2, 0.25) is 5.02 Å². The smallest absolute Gasteiger partial charge is 0.246 e. The standard InChI is InChI=1S/C22H24ClN3O2/c1-15-7-8-17(13-19(15)23)9-10-20(27)26-12-4-6-18(14-26)22(28)25-21-16(2)5-3-11-24-21/h3,5,7-11,13,18H,4,6,12,14H2,1-2H3,(H,24,25,28)/b10-9+. The number of likely N-dealkylation sites (tertiary alicyclic amines) is 1. The molecule has 2 amide bonds. The van der Waals surface area contributed by atoms with Gasteiger partial charge >= 0.3 is 0 Å². The molecule has 0 radical (unpaired) electrons. The van der Waals surface area contributed by atoms with Crippen molar-refractivity contribution >= 4 is 35.3 Å². The normalized spacial score (nSPS) is 17.0. The highest BCUT2D eigenvalue weighted by atomic mass is 35.5. The van der Waals surface area contributed by atoms with Crippen LogP contribution in [0, 0.1) is 19.8 Å². The number of carbonyl (C=O) groups is 2. The largest absolute Gasteiger partial charge is 0.338 e. The molecule has 0 aliphatic carbocycles. The lowest BCUT2D eigenvalue weighted by atomic mass is 9.97. The summed E-state index contributed by atoms with van der Waals surface area (Å²) < 4.78 is 0. The van der Waals surface area contributed by atoms with Gasteiger partial charge in [-0.3, -0.25) is 9.59 Å². The molecule has 1 fully saturated rings. The maximum Gasteiger partial charge on any atom is 0.246 e. The minimum absolute atomic E-state index is 0.0893. The Morgan fingerprint density at radius 3 is 2.82 bits per heavy atom. The molecule has 1 aromatic heterocycles. The van der Waals surface area contributed by atoms with E-state index in [-0.39, 0.29) is 17.7 Å². The van der Waals surface area contributed by atoms with E-state index < -0.39 is 0 Å². The van der Waals surface area contributed by atoms with E-state index in [1.165, 1.54) is 0 Å². The van der Waals surface area contributed by atoms with Crippen molar-refractivity contribution in [3.05, 3.63) is 64.3 Å². The predicted molar refractivity (Wildman–Crippen MR) is 112 cm³/mol. The number of rotatable bonds is 4. The Morgan fingerprint density at radius 2 is 2.07 bits per heavy atom. The highest BCUT2D eigenvalue weighted by Crippen LogP contribution is 2.21. The molecule has 1 unspecified atom stereocenters. The van der Waals surface area contributed by atoms with Crippen molar-refractivity contribution in [2.75, 3.05) is 18.4 Å². The highest BCUT2D eigenvalue weighted by molar-refractivity contribution is 6.31. The van der Waals surface area contributed by atoms with Gasteiger partial charge in [-0.25, -0.2) is 4.98 Å². The number of pyridine rings is 1. The third kappa shape index (κ3) is 4.98. The lowest BCUT2D eigenvalue weighted by Gasteiger charge is -2.31. The van der Waals surface area contributed by atoms with Crippen LogP contribution in [0.25, 0.3) is 6.08 Å². The number of anilines is 1. The Bertz CT molecular complexity index is 910. The second kappa shape index (κ2) is 9.02. The predicted octanol–water partition coefficient (Wildman–Crippen LogP) is 4.24. The lowest BCUT2D eigenvalue weighted by Crippen LogP contribution is -2.43. The summed E-state index contributed by atoms with van der Waals surface area (Å²) in [6.07, 6.45) is 6.52. The Hall–Kier alpha value is -2.66. The van der Waals surface area contributed by atoms with E-state index in [4.69, 9.17) is 11.6 Å². The lowest BCUT2D eigenvalue weighted by molar-refractivity contribution is -0.130. The molecule has 1 aromatic carbocycles. The van der Waals surface area contributed by atoms with Crippen LogP contribution in [-0.4, -0.2) is 34.8 Å². The Balaban J connectivity index is 1.61. The zero-order valence-electron chi connectivity index (χ0n) is 16.1. The Labute approximate surface area is 170 Å². The molecule has 2 aromatic rings. The van der Waals surface area contributed by atoms with Crippen LogP contribution in [0.5, 0.6) is 0 Å². The number of aromatic nitrogens is 1. The molecule has 3 rings (SSSR count). The molecule has 0 saturated carbocycles. The first-order valence-corrected chi connectivity index (χ1v) is 9.77. The fourth-order valence-electron chi connectivity index (χ4n) is 3.21. The summed E-state index contributed by atoms with van der Waals surface area (Å²) in [7, 11) is 0. The first kappa shape index (κ1) is 20.1. The number of hydrogen-bond acceptors (Lipinski definition) is 3. The van der Waals surface area contributed by atoms with Gasteiger partial charge in [0.05, 0.1) is 5.92 Å². The second-order valence-corrected chi connectivity index (χ2v) is 7.53. The van der Waals surface area contributed by atoms with Crippen LogP contribution in [0.3, 0.4) is 0 Å². The quantitative estimate of drug-likeness (QED) is 0.785. The van der Waals surface area contributed by atoms with E-state index in [1.54, 1.807) is 23.2 Å². The van der Waals surface area contributed by atoms with E-state index in [0.29, 0.717) is 23.9 Å². The first-order chi connectivity index (χ1) is 13.4. The zero-order valence-corrected chi connectivity index (χ0v) is 16.9. The van der Waals surface area contributed by atoms with E-state index in [1.807, 2.05) is 44.2 Å². The number of carbonyl (C=O) groups excluding carboxylic acids is 2. The minimum atomic E-state index is -0.235. The van der Waals surface area contributed by atoms with Crippen LogP contribution in [0.4, 0.5) is 5.82 Å². The monoisotopic (exact) mass is 397 g/mol. The van der Waals surface area contributed by atoms with Crippen molar-refractivity contribution in [2.45, 2.75) is 26.7 Å².